The SMILES string of the molecule is CC(C)(C)OC(=O)CC(C(=O)NCc1ccc(C(C)(C)C)cc1)c1cccc2cnccc12. The molecule has 1 aromatic heterocycles. The van der Waals surface area contributed by atoms with Crippen molar-refractivity contribution < 1.29 is 14.3 Å². The van der Waals surface area contributed by atoms with Gasteiger partial charge in [0.2, 0.25) is 5.91 Å². The molecule has 0 saturated heterocycles. The predicted octanol–water partition coefficient (Wildman–Crippen LogP) is 5.66. The lowest BCUT2D eigenvalue weighted by molar-refractivity contribution is -0.156. The number of hydrogen-bond acceptors (Lipinski definition) is 4. The van der Waals surface area contributed by atoms with Crippen LogP contribution in [0.15, 0.2) is 60.9 Å². The Bertz CT molecular complexity index is 1120. The lowest BCUT2D eigenvalue weighted by atomic mass is 9.86. The molecule has 0 fully saturated rings. The van der Waals surface area contributed by atoms with Crippen molar-refractivity contribution >= 4 is 22.6 Å². The first-order valence-electron chi connectivity index (χ1n) is 11.4. The van der Waals surface area contributed by atoms with Gasteiger partial charge in [-0.15, -0.1) is 0 Å². The molecule has 5 nitrogen and oxygen atoms in total. The van der Waals surface area contributed by atoms with E-state index in [0.29, 0.717) is 6.54 Å². The summed E-state index contributed by atoms with van der Waals surface area (Å²) < 4.78 is 5.53. The van der Waals surface area contributed by atoms with Crippen LogP contribution in [0.1, 0.15) is 70.6 Å². The van der Waals surface area contributed by atoms with Crippen molar-refractivity contribution in [3.05, 3.63) is 77.6 Å². The lowest BCUT2D eigenvalue weighted by Gasteiger charge is -2.23. The topological polar surface area (TPSA) is 68.3 Å². The van der Waals surface area contributed by atoms with Gasteiger partial charge in [-0.05, 0) is 54.3 Å². The summed E-state index contributed by atoms with van der Waals surface area (Å²) in [5.41, 5.74) is 2.50. The zero-order valence-electron chi connectivity index (χ0n) is 20.4. The quantitative estimate of drug-likeness (QED) is 0.496. The number of ether oxygens (including phenoxy) is 1. The minimum Gasteiger partial charge on any atom is -0.460 e. The van der Waals surface area contributed by atoms with Crippen molar-refractivity contribution in [1.29, 1.82) is 0 Å². The molecule has 5 heteroatoms. The fourth-order valence-corrected chi connectivity index (χ4v) is 3.78. The number of nitrogens with one attached hydrogen (secondary N) is 1. The number of carbonyl (C=O) groups excluding carboxylic acids is 2. The zero-order valence-corrected chi connectivity index (χ0v) is 20.4. The summed E-state index contributed by atoms with van der Waals surface area (Å²) in [5.74, 6) is -1.27. The van der Waals surface area contributed by atoms with Gasteiger partial charge in [0.05, 0.1) is 12.3 Å². The van der Waals surface area contributed by atoms with Gasteiger partial charge < -0.3 is 10.1 Å². The van der Waals surface area contributed by atoms with Crippen molar-refractivity contribution in [1.82, 2.24) is 10.3 Å². The van der Waals surface area contributed by atoms with Crippen molar-refractivity contribution in [3.8, 4) is 0 Å². The molecular weight excluding hydrogens is 412 g/mol. The van der Waals surface area contributed by atoms with Gasteiger partial charge in [0, 0.05) is 24.3 Å². The molecule has 1 heterocycles. The molecule has 0 aliphatic carbocycles. The Balaban J connectivity index is 1.84. The van der Waals surface area contributed by atoms with Crippen LogP contribution in [0.4, 0.5) is 0 Å². The van der Waals surface area contributed by atoms with Crippen LogP contribution in [0.25, 0.3) is 10.8 Å². The summed E-state index contributed by atoms with van der Waals surface area (Å²) in [6.45, 7) is 12.4. The summed E-state index contributed by atoms with van der Waals surface area (Å²) in [6.07, 6.45) is 3.43. The number of aromatic nitrogens is 1. The summed E-state index contributed by atoms with van der Waals surface area (Å²) >= 11 is 0. The second kappa shape index (κ2) is 9.74. The van der Waals surface area contributed by atoms with Gasteiger partial charge in [0.15, 0.2) is 0 Å². The predicted molar refractivity (Wildman–Crippen MR) is 132 cm³/mol. The van der Waals surface area contributed by atoms with Crippen LogP contribution in [0.5, 0.6) is 0 Å². The third-order valence-electron chi connectivity index (χ3n) is 5.48. The van der Waals surface area contributed by atoms with Gasteiger partial charge in [-0.3, -0.25) is 14.6 Å². The second-order valence-corrected chi connectivity index (χ2v) is 10.5. The molecule has 3 aromatic rings. The number of pyridine rings is 1. The van der Waals surface area contributed by atoms with Gasteiger partial charge in [-0.1, -0.05) is 63.2 Å². The van der Waals surface area contributed by atoms with E-state index in [1.807, 2.05) is 57.2 Å². The van der Waals surface area contributed by atoms with E-state index in [4.69, 9.17) is 4.74 Å². The Morgan fingerprint density at radius 3 is 2.30 bits per heavy atom. The summed E-state index contributed by atoms with van der Waals surface area (Å²) in [5, 5.41) is 4.86. The fraction of sp³-hybridized carbons (Fsp3) is 0.393. The van der Waals surface area contributed by atoms with E-state index in [1.165, 1.54) is 5.56 Å². The van der Waals surface area contributed by atoms with E-state index in [1.54, 1.807) is 12.4 Å². The van der Waals surface area contributed by atoms with Crippen LogP contribution in [0.2, 0.25) is 0 Å². The Morgan fingerprint density at radius 2 is 1.67 bits per heavy atom. The number of hydrogen-bond donors (Lipinski definition) is 1. The molecule has 3 rings (SSSR count). The molecule has 1 unspecified atom stereocenters. The molecule has 33 heavy (non-hydrogen) atoms. The smallest absolute Gasteiger partial charge is 0.307 e. The van der Waals surface area contributed by atoms with Gasteiger partial charge in [-0.25, -0.2) is 0 Å². The maximum absolute atomic E-state index is 13.4. The monoisotopic (exact) mass is 446 g/mol. The summed E-state index contributed by atoms with van der Waals surface area (Å²) in [4.78, 5) is 30.2. The Morgan fingerprint density at radius 1 is 0.970 bits per heavy atom. The van der Waals surface area contributed by atoms with E-state index in [-0.39, 0.29) is 17.7 Å². The van der Waals surface area contributed by atoms with Gasteiger partial charge in [0.1, 0.15) is 5.60 Å². The molecule has 1 atom stereocenters. The first kappa shape index (κ1) is 24.4. The van der Waals surface area contributed by atoms with Gasteiger partial charge in [0.25, 0.3) is 0 Å². The Hall–Kier alpha value is -3.21. The van der Waals surface area contributed by atoms with Gasteiger partial charge in [-0.2, -0.15) is 0 Å². The number of nitrogens with zero attached hydrogens (tertiary/aromatic N) is 1. The highest BCUT2D eigenvalue weighted by atomic mass is 16.6. The average Bonchev–Trinajstić information content (AvgIpc) is 2.74. The van der Waals surface area contributed by atoms with Crippen LogP contribution in [-0.4, -0.2) is 22.5 Å². The molecule has 174 valence electrons. The zero-order chi connectivity index (χ0) is 24.2. The minimum absolute atomic E-state index is 0.0342. The lowest BCUT2D eigenvalue weighted by Crippen LogP contribution is -2.32. The molecule has 0 saturated carbocycles. The maximum atomic E-state index is 13.4. The molecule has 0 spiro atoms. The van der Waals surface area contributed by atoms with E-state index < -0.39 is 17.5 Å². The molecule has 0 bridgehead atoms. The first-order valence-corrected chi connectivity index (χ1v) is 11.4. The highest BCUT2D eigenvalue weighted by molar-refractivity contribution is 5.94. The van der Waals surface area contributed by atoms with Crippen LogP contribution < -0.4 is 5.32 Å². The summed E-state index contributed by atoms with van der Waals surface area (Å²) in [6, 6.07) is 15.9. The van der Waals surface area contributed by atoms with Crippen LogP contribution >= 0.6 is 0 Å². The van der Waals surface area contributed by atoms with Gasteiger partial charge >= 0.3 is 5.97 Å². The largest absolute Gasteiger partial charge is 0.460 e. The van der Waals surface area contributed by atoms with Crippen molar-refractivity contribution in [2.45, 2.75) is 71.4 Å². The van der Waals surface area contributed by atoms with E-state index in [2.05, 4.69) is 43.2 Å². The number of amides is 1. The van der Waals surface area contributed by atoms with Crippen molar-refractivity contribution in [2.24, 2.45) is 0 Å². The van der Waals surface area contributed by atoms with Crippen LogP contribution in [0.3, 0.4) is 0 Å². The number of esters is 1. The third kappa shape index (κ3) is 6.64. The molecule has 0 aliphatic heterocycles. The first-order chi connectivity index (χ1) is 15.4. The van der Waals surface area contributed by atoms with E-state index in [0.717, 1.165) is 21.9 Å². The Labute approximate surface area is 196 Å². The normalized spacial score (nSPS) is 12.9. The minimum atomic E-state index is -0.667. The molecule has 1 amide bonds. The standard InChI is InChI=1S/C28H34N2O3/c1-27(2,3)21-12-10-19(11-13-21)17-30-26(32)24(16-25(31)33-28(4,5)6)23-9-7-8-20-18-29-15-14-22(20)23/h7-15,18,24H,16-17H2,1-6H3,(H,30,32). The highest BCUT2D eigenvalue weighted by Gasteiger charge is 2.28. The van der Waals surface area contributed by atoms with Crippen LogP contribution in [0, 0.1) is 0 Å². The second-order valence-electron chi connectivity index (χ2n) is 10.5. The molecule has 0 radical (unpaired) electrons. The van der Waals surface area contributed by atoms with E-state index >= 15 is 0 Å². The molecule has 1 N–H and O–H groups in total. The fourth-order valence-electron chi connectivity index (χ4n) is 3.78. The van der Waals surface area contributed by atoms with Crippen molar-refractivity contribution in [3.63, 3.8) is 0 Å². The number of rotatable bonds is 6. The van der Waals surface area contributed by atoms with Crippen molar-refractivity contribution in [2.75, 3.05) is 0 Å². The van der Waals surface area contributed by atoms with Crippen LogP contribution in [-0.2, 0) is 26.3 Å². The maximum Gasteiger partial charge on any atom is 0.307 e. The highest BCUT2D eigenvalue weighted by Crippen LogP contribution is 2.29. The number of fused-ring (bicyclic) bond motifs is 1. The summed E-state index contributed by atoms with van der Waals surface area (Å²) in [7, 11) is 0. The van der Waals surface area contributed by atoms with E-state index in [9.17, 15) is 9.59 Å². The number of carbonyl (C=O) groups is 2. The number of benzene rings is 2. The molecule has 0 aliphatic rings. The average molecular weight is 447 g/mol. The Kier molecular flexibility index (Phi) is 7.21. The molecule has 2 aromatic carbocycles. The molecular formula is C28H34N2O3. The third-order valence-corrected chi connectivity index (χ3v) is 5.48.